The van der Waals surface area contributed by atoms with E-state index in [1.165, 1.54) is 11.9 Å². The summed E-state index contributed by atoms with van der Waals surface area (Å²) in [5.74, 6) is 0.795. The molecule has 1 aromatic heterocycles. The highest BCUT2D eigenvalue weighted by Gasteiger charge is 2.06. The van der Waals surface area contributed by atoms with E-state index in [2.05, 4.69) is 33.7 Å². The third-order valence-electron chi connectivity index (χ3n) is 4.30. The monoisotopic (exact) mass is 533 g/mol. The quantitative estimate of drug-likeness (QED) is 0.224. The third kappa shape index (κ3) is 8.73. The second kappa shape index (κ2) is 12.2. The van der Waals surface area contributed by atoms with Crippen LogP contribution in [0.2, 0.25) is 0 Å². The minimum Gasteiger partial charge on any atom is -0.357 e. The average molecular weight is 533 g/mol. The summed E-state index contributed by atoms with van der Waals surface area (Å²) in [4.78, 5) is 4.97. The highest BCUT2D eigenvalue weighted by molar-refractivity contribution is 14.0. The number of sulfone groups is 1. The van der Waals surface area contributed by atoms with E-state index in [9.17, 15) is 8.42 Å². The molecule has 0 saturated heterocycles. The van der Waals surface area contributed by atoms with Crippen molar-refractivity contribution in [3.05, 3.63) is 47.3 Å². The Bertz CT molecular complexity index is 892. The van der Waals surface area contributed by atoms with Gasteiger partial charge in [0, 0.05) is 38.1 Å². The van der Waals surface area contributed by atoms with Gasteiger partial charge in [-0.05, 0) is 57.4 Å². The van der Waals surface area contributed by atoms with Crippen LogP contribution in [0.1, 0.15) is 30.3 Å². The van der Waals surface area contributed by atoms with E-state index in [-0.39, 0.29) is 24.0 Å². The fourth-order valence-electron chi connectivity index (χ4n) is 2.88. The van der Waals surface area contributed by atoms with E-state index in [4.69, 9.17) is 0 Å². The van der Waals surface area contributed by atoms with Crippen molar-refractivity contribution in [1.29, 1.82) is 0 Å². The maximum atomic E-state index is 11.5. The average Bonchev–Trinajstić information content (AvgIpc) is 2.95. The van der Waals surface area contributed by atoms with Gasteiger partial charge in [-0.3, -0.25) is 9.67 Å². The van der Waals surface area contributed by atoms with Crippen molar-refractivity contribution in [2.45, 2.75) is 45.1 Å². The molecular formula is C20H32IN5O2S. The highest BCUT2D eigenvalue weighted by Crippen LogP contribution is 2.10. The van der Waals surface area contributed by atoms with Gasteiger partial charge in [-0.1, -0.05) is 12.1 Å². The van der Waals surface area contributed by atoms with Crippen LogP contribution in [0.25, 0.3) is 0 Å². The van der Waals surface area contributed by atoms with Crippen LogP contribution in [0, 0.1) is 13.8 Å². The molecule has 0 spiro atoms. The maximum Gasteiger partial charge on any atom is 0.191 e. The Morgan fingerprint density at radius 1 is 1.17 bits per heavy atom. The Labute approximate surface area is 191 Å². The Morgan fingerprint density at radius 2 is 1.86 bits per heavy atom. The van der Waals surface area contributed by atoms with Crippen molar-refractivity contribution in [3.8, 4) is 0 Å². The zero-order valence-electron chi connectivity index (χ0n) is 17.6. The van der Waals surface area contributed by atoms with Gasteiger partial charge in [0.25, 0.3) is 0 Å². The van der Waals surface area contributed by atoms with E-state index in [0.29, 0.717) is 4.90 Å². The topological polar surface area (TPSA) is 88.4 Å². The number of aliphatic imine (C=N–C) groups is 1. The van der Waals surface area contributed by atoms with Gasteiger partial charge in [-0.15, -0.1) is 24.0 Å². The molecule has 0 aliphatic rings. The molecule has 0 radical (unpaired) electrons. The molecule has 0 saturated carbocycles. The number of hydrogen-bond donors (Lipinski definition) is 2. The lowest BCUT2D eigenvalue weighted by atomic mass is 10.1. The van der Waals surface area contributed by atoms with Gasteiger partial charge >= 0.3 is 0 Å². The van der Waals surface area contributed by atoms with Gasteiger partial charge < -0.3 is 10.6 Å². The predicted octanol–water partition coefficient (Wildman–Crippen LogP) is 2.71. The van der Waals surface area contributed by atoms with Crippen molar-refractivity contribution in [3.63, 3.8) is 0 Å². The number of rotatable bonds is 9. The third-order valence-corrected chi connectivity index (χ3v) is 5.43. The molecule has 162 valence electrons. The first kappa shape index (κ1) is 25.4. The molecule has 2 rings (SSSR count). The smallest absolute Gasteiger partial charge is 0.191 e. The first-order chi connectivity index (χ1) is 13.3. The summed E-state index contributed by atoms with van der Waals surface area (Å²) < 4.78 is 25.0. The second-order valence-corrected chi connectivity index (χ2v) is 8.87. The molecule has 0 bridgehead atoms. The first-order valence-corrected chi connectivity index (χ1v) is 11.5. The van der Waals surface area contributed by atoms with Crippen LogP contribution >= 0.6 is 24.0 Å². The molecule has 0 amide bonds. The standard InChI is InChI=1S/C20H31N5O2S.HI/c1-5-21-20(22-12-6-14-25-17(3)15-16(2)24-25)23-13-11-18-7-9-19(10-8-18)28(4,26)27;/h7-10,15H,5-6,11-14H2,1-4H3,(H2,21,22,23);1H. The number of hydrogen-bond acceptors (Lipinski definition) is 4. The van der Waals surface area contributed by atoms with Crippen LogP contribution in [-0.2, 0) is 22.8 Å². The molecule has 9 heteroatoms. The lowest BCUT2D eigenvalue weighted by Gasteiger charge is -2.11. The molecule has 29 heavy (non-hydrogen) atoms. The summed E-state index contributed by atoms with van der Waals surface area (Å²) in [6.07, 6.45) is 2.93. The highest BCUT2D eigenvalue weighted by atomic mass is 127. The van der Waals surface area contributed by atoms with E-state index < -0.39 is 9.84 Å². The SMILES string of the molecule is CCNC(=NCCCn1nc(C)cc1C)NCCc1ccc(S(C)(=O)=O)cc1.I. The number of halogens is 1. The summed E-state index contributed by atoms with van der Waals surface area (Å²) >= 11 is 0. The van der Waals surface area contributed by atoms with E-state index in [1.807, 2.05) is 30.7 Å². The largest absolute Gasteiger partial charge is 0.357 e. The Morgan fingerprint density at radius 3 is 2.41 bits per heavy atom. The van der Waals surface area contributed by atoms with Crippen LogP contribution in [0.15, 0.2) is 40.2 Å². The van der Waals surface area contributed by atoms with Crippen LogP contribution < -0.4 is 10.6 Å². The fraction of sp³-hybridized carbons (Fsp3) is 0.500. The lowest BCUT2D eigenvalue weighted by molar-refractivity contribution is 0.567. The van der Waals surface area contributed by atoms with Gasteiger partial charge in [0.2, 0.25) is 0 Å². The lowest BCUT2D eigenvalue weighted by Crippen LogP contribution is -2.38. The number of aryl methyl sites for hydroxylation is 3. The van der Waals surface area contributed by atoms with Gasteiger partial charge in [0.05, 0.1) is 10.6 Å². The predicted molar refractivity (Wildman–Crippen MR) is 129 cm³/mol. The molecule has 0 aliphatic heterocycles. The molecule has 0 aliphatic carbocycles. The molecule has 1 aromatic carbocycles. The molecule has 1 heterocycles. The summed E-state index contributed by atoms with van der Waals surface area (Å²) in [5, 5.41) is 11.0. The molecule has 2 N–H and O–H groups in total. The number of aromatic nitrogens is 2. The van der Waals surface area contributed by atoms with Gasteiger partial charge in [-0.2, -0.15) is 5.10 Å². The van der Waals surface area contributed by atoms with Crippen molar-refractivity contribution < 1.29 is 8.42 Å². The normalized spacial score (nSPS) is 11.8. The maximum absolute atomic E-state index is 11.5. The van der Waals surface area contributed by atoms with Crippen molar-refractivity contribution in [2.24, 2.45) is 4.99 Å². The van der Waals surface area contributed by atoms with Crippen molar-refractivity contribution in [1.82, 2.24) is 20.4 Å². The summed E-state index contributed by atoms with van der Waals surface area (Å²) in [7, 11) is -3.15. The molecule has 0 unspecified atom stereocenters. The second-order valence-electron chi connectivity index (χ2n) is 6.86. The van der Waals surface area contributed by atoms with E-state index >= 15 is 0 Å². The number of benzene rings is 1. The summed E-state index contributed by atoms with van der Waals surface area (Å²) in [5.41, 5.74) is 3.30. The number of guanidine groups is 1. The molecule has 2 aromatic rings. The zero-order chi connectivity index (χ0) is 20.6. The minimum atomic E-state index is -3.15. The van der Waals surface area contributed by atoms with Gasteiger partial charge in [0.15, 0.2) is 15.8 Å². The van der Waals surface area contributed by atoms with E-state index in [1.54, 1.807) is 12.1 Å². The Kier molecular flexibility index (Phi) is 10.7. The fourth-order valence-corrected chi connectivity index (χ4v) is 3.51. The molecule has 0 fully saturated rings. The minimum absolute atomic E-state index is 0. The number of nitrogens with zero attached hydrogens (tertiary/aromatic N) is 3. The molecule has 7 nitrogen and oxygen atoms in total. The summed E-state index contributed by atoms with van der Waals surface area (Å²) in [6, 6.07) is 9.11. The van der Waals surface area contributed by atoms with E-state index in [0.717, 1.165) is 56.2 Å². The Balaban J connectivity index is 0.00000420. The van der Waals surface area contributed by atoms with Crippen LogP contribution in [-0.4, -0.2) is 50.0 Å². The summed E-state index contributed by atoms with van der Waals surface area (Å²) in [6.45, 7) is 9.21. The van der Waals surface area contributed by atoms with Crippen LogP contribution in [0.5, 0.6) is 0 Å². The molecular weight excluding hydrogens is 501 g/mol. The zero-order valence-corrected chi connectivity index (χ0v) is 20.8. The van der Waals surface area contributed by atoms with Crippen LogP contribution in [0.3, 0.4) is 0 Å². The van der Waals surface area contributed by atoms with Crippen molar-refractivity contribution in [2.75, 3.05) is 25.9 Å². The number of nitrogens with one attached hydrogen (secondary N) is 2. The Hall–Kier alpha value is -1.62. The van der Waals surface area contributed by atoms with Crippen molar-refractivity contribution >= 4 is 39.8 Å². The van der Waals surface area contributed by atoms with Gasteiger partial charge in [0.1, 0.15) is 0 Å². The first-order valence-electron chi connectivity index (χ1n) is 9.62. The molecule has 0 atom stereocenters. The van der Waals surface area contributed by atoms with Gasteiger partial charge in [-0.25, -0.2) is 8.42 Å². The van der Waals surface area contributed by atoms with Crippen LogP contribution in [0.4, 0.5) is 0 Å².